The Balaban J connectivity index is 1.69. The molecule has 49 heavy (non-hydrogen) atoms. The van der Waals surface area contributed by atoms with Gasteiger partial charge in [-0.3, -0.25) is 10.1 Å². The van der Waals surface area contributed by atoms with E-state index in [4.69, 9.17) is 23.4 Å². The van der Waals surface area contributed by atoms with Crippen molar-refractivity contribution in [2.45, 2.75) is 64.4 Å². The van der Waals surface area contributed by atoms with Crippen LogP contribution in [0.15, 0.2) is 85.5 Å². The van der Waals surface area contributed by atoms with Gasteiger partial charge in [0.15, 0.2) is 19.8 Å². The van der Waals surface area contributed by atoms with Crippen LogP contribution in [0.4, 0.5) is 10.5 Å². The topological polar surface area (TPSA) is 95.6 Å². The predicted octanol–water partition coefficient (Wildman–Crippen LogP) is 8.73. The molecule has 0 fully saturated rings. The first-order chi connectivity index (χ1) is 23.4. The van der Waals surface area contributed by atoms with Crippen molar-refractivity contribution in [3.8, 4) is 17.2 Å². The van der Waals surface area contributed by atoms with Crippen molar-refractivity contribution in [1.82, 2.24) is 4.90 Å². The zero-order valence-electron chi connectivity index (χ0n) is 29.8. The van der Waals surface area contributed by atoms with E-state index >= 15 is 0 Å². The number of hydrogen-bond donors (Lipinski definition) is 1. The minimum Gasteiger partial charge on any atom is -0.497 e. The van der Waals surface area contributed by atoms with Crippen LogP contribution in [-0.2, 0) is 15.8 Å². The summed E-state index contributed by atoms with van der Waals surface area (Å²) < 4.78 is 29.0. The predicted molar refractivity (Wildman–Crippen MR) is 197 cm³/mol. The first kappa shape index (κ1) is 37.3. The molecule has 0 saturated heterocycles. The number of ether oxygens (including phenoxy) is 4. The zero-order valence-corrected chi connectivity index (χ0v) is 30.8. The standard InChI is InChI=1S/C39H50N2O7Si/c1-9-22-46-38(43)40-34-26-36(47-27-28-13-11-10-12-14-28)35(45-6)25-33(34)37(42)41-21-19-30(29-15-17-32(44-5)18-16-29)24-31(41)20-23-48-49(7,8)39(2,3)4/h9-19,25-26,31H,1,20-24,27H2,2-8H3,(H,40,43)/t31-/m1/s1. The summed E-state index contributed by atoms with van der Waals surface area (Å²) >= 11 is 0. The van der Waals surface area contributed by atoms with E-state index in [-0.39, 0.29) is 41.5 Å². The minimum absolute atomic E-state index is 0.0178. The molecule has 0 spiro atoms. The summed E-state index contributed by atoms with van der Waals surface area (Å²) in [5, 5.41) is 2.82. The molecule has 0 bridgehead atoms. The molecule has 9 nitrogen and oxygen atoms in total. The molecule has 1 N–H and O–H groups in total. The van der Waals surface area contributed by atoms with E-state index in [1.54, 1.807) is 19.2 Å². The minimum atomic E-state index is -2.01. The van der Waals surface area contributed by atoms with Crippen LogP contribution in [0.25, 0.3) is 5.57 Å². The number of carbonyl (C=O) groups is 2. The second-order valence-electron chi connectivity index (χ2n) is 13.5. The van der Waals surface area contributed by atoms with Crippen molar-refractivity contribution in [2.75, 3.05) is 39.3 Å². The summed E-state index contributed by atoms with van der Waals surface area (Å²) in [5.41, 5.74) is 3.70. The molecule has 3 aromatic carbocycles. The van der Waals surface area contributed by atoms with Crippen LogP contribution in [0.1, 0.15) is 55.1 Å². The van der Waals surface area contributed by atoms with Crippen molar-refractivity contribution >= 4 is 31.6 Å². The van der Waals surface area contributed by atoms with Crippen molar-refractivity contribution in [1.29, 1.82) is 0 Å². The van der Waals surface area contributed by atoms with E-state index < -0.39 is 14.4 Å². The van der Waals surface area contributed by atoms with E-state index in [2.05, 4.69) is 51.8 Å². The Morgan fingerprint density at radius 1 is 1.00 bits per heavy atom. The summed E-state index contributed by atoms with van der Waals surface area (Å²) in [6.45, 7) is 15.9. The van der Waals surface area contributed by atoms with Gasteiger partial charge >= 0.3 is 6.09 Å². The van der Waals surface area contributed by atoms with Crippen LogP contribution in [-0.4, -0.2) is 65.2 Å². The molecule has 0 aromatic heterocycles. The molecule has 0 radical (unpaired) electrons. The molecule has 1 aliphatic rings. The van der Waals surface area contributed by atoms with Gasteiger partial charge in [0.25, 0.3) is 5.91 Å². The molecule has 4 rings (SSSR count). The molecule has 1 heterocycles. The number of rotatable bonds is 14. The van der Waals surface area contributed by atoms with Gasteiger partial charge < -0.3 is 28.3 Å². The lowest BCUT2D eigenvalue weighted by atomic mass is 9.91. The number of hydrogen-bond acceptors (Lipinski definition) is 7. The fraction of sp³-hybridized carbons (Fsp3) is 0.385. The van der Waals surface area contributed by atoms with Crippen LogP contribution < -0.4 is 19.5 Å². The van der Waals surface area contributed by atoms with Crippen LogP contribution in [0.5, 0.6) is 17.2 Å². The Labute approximate surface area is 292 Å². The number of anilines is 1. The van der Waals surface area contributed by atoms with Crippen molar-refractivity contribution in [2.24, 2.45) is 0 Å². The van der Waals surface area contributed by atoms with Gasteiger partial charge in [0.05, 0.1) is 25.5 Å². The summed E-state index contributed by atoms with van der Waals surface area (Å²) in [5.74, 6) is 1.28. The van der Waals surface area contributed by atoms with Gasteiger partial charge in [-0.25, -0.2) is 4.79 Å². The van der Waals surface area contributed by atoms with Crippen LogP contribution in [0.3, 0.4) is 0 Å². The molecular formula is C39H50N2O7Si. The Hall–Kier alpha value is -4.54. The lowest BCUT2D eigenvalue weighted by Gasteiger charge is -2.39. The summed E-state index contributed by atoms with van der Waals surface area (Å²) in [4.78, 5) is 29.2. The quantitative estimate of drug-likeness (QED) is 0.134. The largest absolute Gasteiger partial charge is 0.497 e. The summed E-state index contributed by atoms with van der Waals surface area (Å²) in [6, 6.07) is 20.7. The molecule has 1 atom stereocenters. The van der Waals surface area contributed by atoms with Crippen molar-refractivity contribution in [3.63, 3.8) is 0 Å². The fourth-order valence-electron chi connectivity index (χ4n) is 5.30. The number of benzene rings is 3. The van der Waals surface area contributed by atoms with E-state index in [1.165, 1.54) is 13.2 Å². The maximum Gasteiger partial charge on any atom is 0.411 e. The zero-order chi connectivity index (χ0) is 35.6. The second-order valence-corrected chi connectivity index (χ2v) is 18.3. The number of carbonyl (C=O) groups excluding carboxylic acids is 2. The van der Waals surface area contributed by atoms with Crippen LogP contribution >= 0.6 is 0 Å². The number of nitrogens with zero attached hydrogens (tertiary/aromatic N) is 1. The molecule has 262 valence electrons. The molecule has 3 aromatic rings. The van der Waals surface area contributed by atoms with Crippen LogP contribution in [0, 0.1) is 0 Å². The smallest absolute Gasteiger partial charge is 0.411 e. The normalized spacial score (nSPS) is 14.8. The van der Waals surface area contributed by atoms with Gasteiger partial charge in [-0.1, -0.05) is 82.0 Å². The van der Waals surface area contributed by atoms with Gasteiger partial charge in [-0.15, -0.1) is 0 Å². The Bertz CT molecular complexity index is 1610. The average Bonchev–Trinajstić information content (AvgIpc) is 3.09. The summed E-state index contributed by atoms with van der Waals surface area (Å²) in [6.07, 6.45) is 4.13. The first-order valence-electron chi connectivity index (χ1n) is 16.6. The highest BCUT2D eigenvalue weighted by Crippen LogP contribution is 2.39. The third-order valence-electron chi connectivity index (χ3n) is 9.21. The van der Waals surface area contributed by atoms with Crippen molar-refractivity contribution < 1.29 is 33.0 Å². The SMILES string of the molecule is C=CCOC(=O)Nc1cc(OCc2ccccc2)c(OC)cc1C(=O)N1CC=C(c2ccc(OC)cc2)C[C@H]1CCO[Si](C)(C)C(C)(C)C. The Morgan fingerprint density at radius 2 is 1.71 bits per heavy atom. The first-order valence-corrected chi connectivity index (χ1v) is 19.5. The van der Waals surface area contributed by atoms with E-state index in [1.807, 2.05) is 59.5 Å². The molecule has 0 saturated carbocycles. The highest BCUT2D eigenvalue weighted by atomic mass is 28.4. The molecule has 1 aliphatic heterocycles. The number of methoxy groups -OCH3 is 2. The molecule has 2 amide bonds. The Kier molecular flexibility index (Phi) is 12.7. The summed E-state index contributed by atoms with van der Waals surface area (Å²) in [7, 11) is 1.16. The lowest BCUT2D eigenvalue weighted by Crippen LogP contribution is -2.45. The maximum atomic E-state index is 14.6. The monoisotopic (exact) mass is 686 g/mol. The van der Waals surface area contributed by atoms with Gasteiger partial charge in [-0.05, 0) is 65.9 Å². The van der Waals surface area contributed by atoms with E-state index in [0.29, 0.717) is 37.5 Å². The van der Waals surface area contributed by atoms with Gasteiger partial charge in [0.2, 0.25) is 0 Å². The lowest BCUT2D eigenvalue weighted by molar-refractivity contribution is 0.0672. The third kappa shape index (κ3) is 9.76. The van der Waals surface area contributed by atoms with Gasteiger partial charge in [0, 0.05) is 25.3 Å². The number of nitrogens with one attached hydrogen (secondary N) is 1. The molecule has 0 unspecified atom stereocenters. The Morgan fingerprint density at radius 3 is 2.35 bits per heavy atom. The second kappa shape index (κ2) is 16.7. The third-order valence-corrected chi connectivity index (χ3v) is 13.8. The van der Waals surface area contributed by atoms with E-state index in [0.717, 1.165) is 22.4 Å². The maximum absolute atomic E-state index is 14.6. The van der Waals surface area contributed by atoms with Crippen LogP contribution in [0.2, 0.25) is 18.1 Å². The fourth-order valence-corrected chi connectivity index (χ4v) is 6.36. The highest BCUT2D eigenvalue weighted by molar-refractivity contribution is 6.74. The molecule has 10 heteroatoms. The number of amides is 2. The molecule has 0 aliphatic carbocycles. The van der Waals surface area contributed by atoms with Crippen molar-refractivity contribution in [3.05, 3.63) is 102 Å². The average molecular weight is 687 g/mol. The highest BCUT2D eigenvalue weighted by Gasteiger charge is 2.38. The molecular weight excluding hydrogens is 637 g/mol. The van der Waals surface area contributed by atoms with Gasteiger partial charge in [-0.2, -0.15) is 0 Å². The van der Waals surface area contributed by atoms with E-state index in [9.17, 15) is 9.59 Å². The van der Waals surface area contributed by atoms with Gasteiger partial charge in [0.1, 0.15) is 19.0 Å².